The van der Waals surface area contributed by atoms with Crippen LogP contribution in [0.1, 0.15) is 45.2 Å². The van der Waals surface area contributed by atoms with Gasteiger partial charge in [0.2, 0.25) is 0 Å². The Bertz CT molecular complexity index is 483. The Labute approximate surface area is 111 Å². The predicted molar refractivity (Wildman–Crippen MR) is 81.2 cm³/mol. The van der Waals surface area contributed by atoms with Gasteiger partial charge in [-0.1, -0.05) is 47.6 Å². The summed E-state index contributed by atoms with van der Waals surface area (Å²) in [7, 11) is 0. The highest BCUT2D eigenvalue weighted by molar-refractivity contribution is 5.99. The second-order valence-corrected chi connectivity index (χ2v) is 5.14. The van der Waals surface area contributed by atoms with E-state index in [0.29, 0.717) is 0 Å². The molecule has 1 aromatic rings. The molecule has 0 fully saturated rings. The minimum Gasteiger partial charge on any atom is -0.257 e. The SMILES string of the molecule is C=C(C)CC(N=C(C)c1ccc(C)cc1)=C(C)C. The summed E-state index contributed by atoms with van der Waals surface area (Å²) in [5.74, 6) is 0. The third kappa shape index (κ3) is 4.33. The minimum atomic E-state index is 0.853. The summed E-state index contributed by atoms with van der Waals surface area (Å²) in [6, 6.07) is 8.49. The molecule has 0 heterocycles. The Balaban J connectivity index is 3.03. The molecule has 0 aromatic heterocycles. The fraction of sp³-hybridized carbons (Fsp3) is 0.353. The Hall–Kier alpha value is -1.63. The first-order chi connectivity index (χ1) is 8.40. The highest BCUT2D eigenvalue weighted by Crippen LogP contribution is 2.17. The van der Waals surface area contributed by atoms with E-state index >= 15 is 0 Å². The summed E-state index contributed by atoms with van der Waals surface area (Å²) >= 11 is 0. The molecule has 0 unspecified atom stereocenters. The molecule has 1 aromatic carbocycles. The van der Waals surface area contributed by atoms with Crippen molar-refractivity contribution in [3.05, 3.63) is 58.8 Å². The molecule has 1 rings (SSSR count). The van der Waals surface area contributed by atoms with E-state index in [1.165, 1.54) is 16.7 Å². The molecule has 0 spiro atoms. The van der Waals surface area contributed by atoms with Gasteiger partial charge in [-0.25, -0.2) is 0 Å². The lowest BCUT2D eigenvalue weighted by atomic mass is 10.1. The number of allylic oxidation sites excluding steroid dienone is 2. The number of benzene rings is 1. The van der Waals surface area contributed by atoms with Crippen LogP contribution in [0.25, 0.3) is 0 Å². The van der Waals surface area contributed by atoms with Crippen LogP contribution in [0.4, 0.5) is 0 Å². The summed E-state index contributed by atoms with van der Waals surface area (Å²) < 4.78 is 0. The van der Waals surface area contributed by atoms with Crippen LogP contribution in [0, 0.1) is 6.92 Å². The molecule has 1 nitrogen and oxygen atoms in total. The molecule has 0 atom stereocenters. The zero-order valence-electron chi connectivity index (χ0n) is 12.2. The maximum absolute atomic E-state index is 4.75. The molecule has 0 N–H and O–H groups in total. The second-order valence-electron chi connectivity index (χ2n) is 5.14. The lowest BCUT2D eigenvalue weighted by Crippen LogP contribution is -1.97. The van der Waals surface area contributed by atoms with Crippen LogP contribution in [-0.2, 0) is 0 Å². The first kappa shape index (κ1) is 14.4. The third-order valence-electron chi connectivity index (χ3n) is 2.82. The molecular formula is C17H23N. The average molecular weight is 241 g/mol. The van der Waals surface area contributed by atoms with E-state index in [2.05, 4.69) is 58.5 Å². The van der Waals surface area contributed by atoms with Crippen LogP contribution in [-0.4, -0.2) is 5.71 Å². The van der Waals surface area contributed by atoms with Gasteiger partial charge >= 0.3 is 0 Å². The highest BCUT2D eigenvalue weighted by Gasteiger charge is 2.02. The molecule has 96 valence electrons. The molecule has 0 aliphatic rings. The molecule has 18 heavy (non-hydrogen) atoms. The standard InChI is InChI=1S/C17H23N/c1-12(2)11-17(13(3)4)18-15(6)16-9-7-14(5)8-10-16/h7-10H,1,11H2,2-6H3. The Kier molecular flexibility index (Phi) is 5.08. The number of rotatable bonds is 4. The van der Waals surface area contributed by atoms with Crippen LogP contribution >= 0.6 is 0 Å². The van der Waals surface area contributed by atoms with Crippen molar-refractivity contribution >= 4 is 5.71 Å². The molecule has 0 bridgehead atoms. The first-order valence-corrected chi connectivity index (χ1v) is 6.33. The predicted octanol–water partition coefficient (Wildman–Crippen LogP) is 5.06. The van der Waals surface area contributed by atoms with Gasteiger partial charge in [-0.15, -0.1) is 0 Å². The fourth-order valence-corrected chi connectivity index (χ4v) is 1.68. The molecule has 0 aliphatic heterocycles. The van der Waals surface area contributed by atoms with E-state index in [-0.39, 0.29) is 0 Å². The van der Waals surface area contributed by atoms with E-state index < -0.39 is 0 Å². The lowest BCUT2D eigenvalue weighted by molar-refractivity contribution is 1.04. The van der Waals surface area contributed by atoms with Gasteiger partial charge in [0.05, 0.1) is 0 Å². The summed E-state index contributed by atoms with van der Waals surface area (Å²) in [4.78, 5) is 4.75. The third-order valence-corrected chi connectivity index (χ3v) is 2.82. The van der Waals surface area contributed by atoms with Crippen LogP contribution in [0.2, 0.25) is 0 Å². The zero-order chi connectivity index (χ0) is 13.7. The van der Waals surface area contributed by atoms with Crippen molar-refractivity contribution in [3.63, 3.8) is 0 Å². The van der Waals surface area contributed by atoms with Gasteiger partial charge in [-0.2, -0.15) is 0 Å². The topological polar surface area (TPSA) is 12.4 Å². The van der Waals surface area contributed by atoms with Crippen LogP contribution < -0.4 is 0 Å². The van der Waals surface area contributed by atoms with Gasteiger partial charge < -0.3 is 0 Å². The van der Waals surface area contributed by atoms with E-state index in [1.54, 1.807) is 0 Å². The molecular weight excluding hydrogens is 218 g/mol. The summed E-state index contributed by atoms with van der Waals surface area (Å²) in [6.45, 7) is 14.4. The van der Waals surface area contributed by atoms with Crippen molar-refractivity contribution in [1.82, 2.24) is 0 Å². The van der Waals surface area contributed by atoms with E-state index in [9.17, 15) is 0 Å². The number of aryl methyl sites for hydroxylation is 1. The van der Waals surface area contributed by atoms with Crippen LogP contribution in [0.3, 0.4) is 0 Å². The van der Waals surface area contributed by atoms with Gasteiger partial charge in [0, 0.05) is 17.8 Å². The van der Waals surface area contributed by atoms with Crippen molar-refractivity contribution in [3.8, 4) is 0 Å². The van der Waals surface area contributed by atoms with Crippen molar-refractivity contribution < 1.29 is 0 Å². The molecule has 0 aliphatic carbocycles. The number of hydrogen-bond acceptors (Lipinski definition) is 1. The number of nitrogens with zero attached hydrogens (tertiary/aromatic N) is 1. The second kappa shape index (κ2) is 6.34. The van der Waals surface area contributed by atoms with Gasteiger partial charge in [0.15, 0.2) is 0 Å². The Morgan fingerprint density at radius 3 is 2.06 bits per heavy atom. The smallest absolute Gasteiger partial charge is 0.0448 e. The molecule has 1 heteroatoms. The lowest BCUT2D eigenvalue weighted by Gasteiger charge is -2.07. The average Bonchev–Trinajstić information content (AvgIpc) is 2.28. The van der Waals surface area contributed by atoms with E-state index in [0.717, 1.165) is 23.4 Å². The normalized spacial score (nSPS) is 11.3. The van der Waals surface area contributed by atoms with E-state index in [4.69, 9.17) is 4.99 Å². The van der Waals surface area contributed by atoms with Gasteiger partial charge in [0.25, 0.3) is 0 Å². The zero-order valence-corrected chi connectivity index (χ0v) is 12.2. The minimum absolute atomic E-state index is 0.853. The molecule has 0 saturated carbocycles. The number of hydrogen-bond donors (Lipinski definition) is 0. The monoisotopic (exact) mass is 241 g/mol. The maximum atomic E-state index is 4.75. The molecule has 0 saturated heterocycles. The van der Waals surface area contributed by atoms with Gasteiger partial charge in [-0.05, 0) is 40.2 Å². The largest absolute Gasteiger partial charge is 0.257 e. The van der Waals surface area contributed by atoms with Crippen LogP contribution in [0.5, 0.6) is 0 Å². The molecule has 0 amide bonds. The first-order valence-electron chi connectivity index (χ1n) is 6.33. The summed E-state index contributed by atoms with van der Waals surface area (Å²) in [5, 5.41) is 0. The quantitative estimate of drug-likeness (QED) is 0.516. The highest BCUT2D eigenvalue weighted by atomic mass is 14.8. The van der Waals surface area contributed by atoms with Gasteiger partial charge in [-0.3, -0.25) is 4.99 Å². The number of aliphatic imine (C=N–C) groups is 1. The van der Waals surface area contributed by atoms with Crippen molar-refractivity contribution in [1.29, 1.82) is 0 Å². The van der Waals surface area contributed by atoms with Crippen LogP contribution in [0.15, 0.2) is 52.7 Å². The Morgan fingerprint density at radius 2 is 1.61 bits per heavy atom. The van der Waals surface area contributed by atoms with Crippen molar-refractivity contribution in [2.45, 2.75) is 41.0 Å². The summed E-state index contributed by atoms with van der Waals surface area (Å²) in [5.41, 5.74) is 7.04. The maximum Gasteiger partial charge on any atom is 0.0448 e. The summed E-state index contributed by atoms with van der Waals surface area (Å²) in [6.07, 6.45) is 0.853. The Morgan fingerprint density at radius 1 is 1.06 bits per heavy atom. The fourth-order valence-electron chi connectivity index (χ4n) is 1.68. The van der Waals surface area contributed by atoms with Gasteiger partial charge in [0.1, 0.15) is 0 Å². The van der Waals surface area contributed by atoms with Crippen molar-refractivity contribution in [2.75, 3.05) is 0 Å². The van der Waals surface area contributed by atoms with Crippen molar-refractivity contribution in [2.24, 2.45) is 4.99 Å². The van der Waals surface area contributed by atoms with E-state index in [1.807, 2.05) is 6.92 Å². The molecule has 0 radical (unpaired) electrons.